The molecule has 21 heavy (non-hydrogen) atoms. The van der Waals surface area contributed by atoms with Crippen LogP contribution in [0.2, 0.25) is 0 Å². The van der Waals surface area contributed by atoms with E-state index in [-0.39, 0.29) is 6.04 Å². The Labute approximate surface area is 130 Å². The summed E-state index contributed by atoms with van der Waals surface area (Å²) in [5.74, 6) is 2.69. The van der Waals surface area contributed by atoms with E-state index < -0.39 is 0 Å². The second-order valence-corrected chi connectivity index (χ2v) is 7.94. The highest BCUT2D eigenvalue weighted by molar-refractivity contribution is 7.15. The molecule has 0 radical (unpaired) electrons. The van der Waals surface area contributed by atoms with E-state index in [9.17, 15) is 0 Å². The first-order valence-corrected chi connectivity index (χ1v) is 9.34. The molecule has 0 spiro atoms. The van der Waals surface area contributed by atoms with Gasteiger partial charge in [-0.3, -0.25) is 4.40 Å². The Balaban J connectivity index is 1.40. The zero-order chi connectivity index (χ0) is 14.2. The van der Waals surface area contributed by atoms with E-state index >= 15 is 0 Å². The van der Waals surface area contributed by atoms with Gasteiger partial charge in [-0.1, -0.05) is 25.7 Å². The summed E-state index contributed by atoms with van der Waals surface area (Å²) in [6.07, 6.45) is 15.1. The van der Waals surface area contributed by atoms with Crippen LogP contribution in [0, 0.1) is 17.8 Å². The predicted octanol–water partition coefficient (Wildman–Crippen LogP) is 3.87. The summed E-state index contributed by atoms with van der Waals surface area (Å²) in [7, 11) is 0. The van der Waals surface area contributed by atoms with E-state index in [4.69, 9.17) is 10.7 Å². The summed E-state index contributed by atoms with van der Waals surface area (Å²) < 4.78 is 2.12. The number of thiazole rings is 1. The molecule has 2 aromatic heterocycles. The normalized spacial score (nSPS) is 31.2. The largest absolute Gasteiger partial charge is 0.327 e. The van der Waals surface area contributed by atoms with Crippen molar-refractivity contribution in [3.63, 3.8) is 0 Å². The van der Waals surface area contributed by atoms with Crippen molar-refractivity contribution in [2.45, 2.75) is 57.4 Å². The summed E-state index contributed by atoms with van der Waals surface area (Å²) in [4.78, 5) is 5.78. The van der Waals surface area contributed by atoms with Gasteiger partial charge in [0.05, 0.1) is 5.69 Å². The highest BCUT2D eigenvalue weighted by Gasteiger charge is 2.34. The standard InChI is InChI=1S/C17H25N3S/c18-16(10-15-11-20-7-8-21-17(20)19-15)14-6-5-12-3-1-2-4-13(12)9-14/h7-8,11-14,16H,1-6,9-10,18H2. The molecule has 2 aliphatic rings. The average molecular weight is 303 g/mol. The molecular weight excluding hydrogens is 278 g/mol. The van der Waals surface area contributed by atoms with Gasteiger partial charge in [-0.25, -0.2) is 4.98 Å². The number of hydrogen-bond donors (Lipinski definition) is 1. The number of aromatic nitrogens is 2. The molecule has 4 atom stereocenters. The Bertz CT molecular complexity index is 573. The summed E-state index contributed by atoms with van der Waals surface area (Å²) >= 11 is 1.70. The van der Waals surface area contributed by atoms with Crippen LogP contribution in [0.15, 0.2) is 17.8 Å². The average Bonchev–Trinajstić information content (AvgIpc) is 3.08. The summed E-state index contributed by atoms with van der Waals surface area (Å²) in [5.41, 5.74) is 7.71. The Morgan fingerprint density at radius 1 is 1.24 bits per heavy atom. The Morgan fingerprint density at radius 2 is 2.10 bits per heavy atom. The maximum absolute atomic E-state index is 6.55. The first-order chi connectivity index (χ1) is 10.3. The molecule has 0 bridgehead atoms. The van der Waals surface area contributed by atoms with Crippen LogP contribution in [0.5, 0.6) is 0 Å². The first kappa shape index (κ1) is 13.8. The fourth-order valence-electron chi connectivity index (χ4n) is 4.58. The molecule has 2 N–H and O–H groups in total. The Kier molecular flexibility index (Phi) is 3.76. The van der Waals surface area contributed by atoms with E-state index in [0.29, 0.717) is 5.92 Å². The number of nitrogens with two attached hydrogens (primary N) is 1. The minimum absolute atomic E-state index is 0.289. The van der Waals surface area contributed by atoms with Crippen LogP contribution in [0.25, 0.3) is 4.96 Å². The quantitative estimate of drug-likeness (QED) is 0.935. The van der Waals surface area contributed by atoms with Crippen LogP contribution in [0.3, 0.4) is 0 Å². The zero-order valence-electron chi connectivity index (χ0n) is 12.6. The molecule has 0 aliphatic heterocycles. The third-order valence-corrected chi connectivity index (χ3v) is 6.54. The molecule has 0 aromatic carbocycles. The van der Waals surface area contributed by atoms with Crippen molar-refractivity contribution in [2.75, 3.05) is 0 Å². The number of rotatable bonds is 3. The summed E-state index contributed by atoms with van der Waals surface area (Å²) in [6, 6.07) is 0.289. The smallest absolute Gasteiger partial charge is 0.193 e. The maximum atomic E-state index is 6.55. The summed E-state index contributed by atoms with van der Waals surface area (Å²) in [6.45, 7) is 0. The third-order valence-electron chi connectivity index (χ3n) is 5.77. The molecule has 2 fully saturated rings. The van der Waals surface area contributed by atoms with Gasteiger partial charge >= 0.3 is 0 Å². The number of hydrogen-bond acceptors (Lipinski definition) is 3. The van der Waals surface area contributed by atoms with Gasteiger partial charge in [-0.15, -0.1) is 11.3 Å². The first-order valence-electron chi connectivity index (χ1n) is 8.46. The van der Waals surface area contributed by atoms with Crippen molar-refractivity contribution in [2.24, 2.45) is 23.5 Å². The van der Waals surface area contributed by atoms with Gasteiger partial charge in [0.25, 0.3) is 0 Å². The number of imidazole rings is 1. The Hall–Kier alpha value is -0.870. The fraction of sp³-hybridized carbons (Fsp3) is 0.706. The lowest BCUT2D eigenvalue weighted by atomic mass is 9.66. The van der Waals surface area contributed by atoms with Crippen molar-refractivity contribution in [1.29, 1.82) is 0 Å². The number of fused-ring (bicyclic) bond motifs is 2. The van der Waals surface area contributed by atoms with Crippen molar-refractivity contribution >= 4 is 16.3 Å². The fourth-order valence-corrected chi connectivity index (χ4v) is 5.30. The van der Waals surface area contributed by atoms with Gasteiger partial charge < -0.3 is 5.73 Å². The van der Waals surface area contributed by atoms with Crippen molar-refractivity contribution in [1.82, 2.24) is 9.38 Å². The van der Waals surface area contributed by atoms with Gasteiger partial charge in [-0.05, 0) is 37.0 Å². The van der Waals surface area contributed by atoms with Crippen molar-refractivity contribution in [3.05, 3.63) is 23.5 Å². The maximum Gasteiger partial charge on any atom is 0.193 e. The molecule has 4 unspecified atom stereocenters. The second-order valence-electron chi connectivity index (χ2n) is 7.07. The van der Waals surface area contributed by atoms with Gasteiger partial charge in [0.2, 0.25) is 0 Å². The minimum atomic E-state index is 0.289. The van der Waals surface area contributed by atoms with Gasteiger partial charge in [0.1, 0.15) is 0 Å². The monoisotopic (exact) mass is 303 g/mol. The molecule has 0 amide bonds. The van der Waals surface area contributed by atoms with E-state index in [2.05, 4.69) is 22.2 Å². The third kappa shape index (κ3) is 2.76. The highest BCUT2D eigenvalue weighted by atomic mass is 32.1. The van der Waals surface area contributed by atoms with Crippen LogP contribution >= 0.6 is 11.3 Å². The van der Waals surface area contributed by atoms with Gasteiger partial charge in [0.15, 0.2) is 4.96 Å². The molecule has 2 aliphatic carbocycles. The molecule has 4 rings (SSSR count). The topological polar surface area (TPSA) is 43.3 Å². The van der Waals surface area contributed by atoms with E-state index in [1.54, 1.807) is 11.3 Å². The molecule has 2 saturated carbocycles. The van der Waals surface area contributed by atoms with E-state index in [1.807, 2.05) is 0 Å². The molecule has 2 heterocycles. The lowest BCUT2D eigenvalue weighted by Crippen LogP contribution is -2.38. The molecule has 114 valence electrons. The molecule has 2 aromatic rings. The van der Waals surface area contributed by atoms with Crippen molar-refractivity contribution in [3.8, 4) is 0 Å². The predicted molar refractivity (Wildman–Crippen MR) is 87.5 cm³/mol. The molecule has 4 heteroatoms. The number of nitrogens with zero attached hydrogens (tertiary/aromatic N) is 2. The van der Waals surface area contributed by atoms with E-state index in [1.165, 1.54) is 50.6 Å². The minimum Gasteiger partial charge on any atom is -0.327 e. The second kappa shape index (κ2) is 5.73. The van der Waals surface area contributed by atoms with Crippen LogP contribution in [-0.4, -0.2) is 15.4 Å². The highest BCUT2D eigenvalue weighted by Crippen LogP contribution is 2.43. The molecule has 3 nitrogen and oxygen atoms in total. The summed E-state index contributed by atoms with van der Waals surface area (Å²) in [5, 5.41) is 2.08. The lowest BCUT2D eigenvalue weighted by Gasteiger charge is -2.41. The molecule has 0 saturated heterocycles. The van der Waals surface area contributed by atoms with Crippen LogP contribution < -0.4 is 5.73 Å². The SMILES string of the molecule is NC(Cc1cn2ccsc2n1)C1CCC2CCCCC2C1. The Morgan fingerprint density at radius 3 is 2.95 bits per heavy atom. The van der Waals surface area contributed by atoms with Gasteiger partial charge in [-0.2, -0.15) is 0 Å². The van der Waals surface area contributed by atoms with Crippen molar-refractivity contribution < 1.29 is 0 Å². The van der Waals surface area contributed by atoms with E-state index in [0.717, 1.165) is 23.2 Å². The van der Waals surface area contributed by atoms with Crippen LogP contribution in [0.4, 0.5) is 0 Å². The zero-order valence-corrected chi connectivity index (χ0v) is 13.4. The van der Waals surface area contributed by atoms with Gasteiger partial charge in [0, 0.05) is 30.2 Å². The van der Waals surface area contributed by atoms with Crippen LogP contribution in [0.1, 0.15) is 50.6 Å². The lowest BCUT2D eigenvalue weighted by molar-refractivity contribution is 0.117. The molecular formula is C17H25N3S. The van der Waals surface area contributed by atoms with Crippen LogP contribution in [-0.2, 0) is 6.42 Å².